The van der Waals surface area contributed by atoms with Gasteiger partial charge in [0.05, 0.1) is 6.10 Å². The number of carbonyl (C=O) groups excluding carboxylic acids is 3. The van der Waals surface area contributed by atoms with E-state index in [1.807, 2.05) is 0 Å². The van der Waals surface area contributed by atoms with E-state index in [-0.39, 0.29) is 12.2 Å². The van der Waals surface area contributed by atoms with Gasteiger partial charge in [0.15, 0.2) is 0 Å². The third kappa shape index (κ3) is 8.01. The van der Waals surface area contributed by atoms with Gasteiger partial charge in [-0.15, -0.1) is 0 Å². The van der Waals surface area contributed by atoms with Gasteiger partial charge >= 0.3 is 5.97 Å². The van der Waals surface area contributed by atoms with E-state index in [1.165, 1.54) is 13.8 Å². The number of carboxylic acids is 1. The summed E-state index contributed by atoms with van der Waals surface area (Å²) in [6.07, 6.45) is -1.02. The number of nitrogens with one attached hydrogen (secondary N) is 3. The Balaban J connectivity index is 2.95. The predicted octanol–water partition coefficient (Wildman–Crippen LogP) is -1.57. The van der Waals surface area contributed by atoms with E-state index in [9.17, 15) is 24.3 Å². The van der Waals surface area contributed by atoms with E-state index >= 15 is 0 Å². The fourth-order valence-electron chi connectivity index (χ4n) is 2.39. The summed E-state index contributed by atoms with van der Waals surface area (Å²) in [5, 5.41) is 25.6. The van der Waals surface area contributed by atoms with Crippen LogP contribution in [0.3, 0.4) is 0 Å². The highest BCUT2D eigenvalue weighted by Gasteiger charge is 2.29. The van der Waals surface area contributed by atoms with Crippen molar-refractivity contribution >= 4 is 36.3 Å². The number of rotatable bonds is 11. The largest absolute Gasteiger partial charge is 0.480 e. The van der Waals surface area contributed by atoms with Crippen molar-refractivity contribution in [3.63, 3.8) is 0 Å². The fourth-order valence-corrected chi connectivity index (χ4v) is 2.65. The highest BCUT2D eigenvalue weighted by molar-refractivity contribution is 7.80. The Bertz CT molecular complexity index is 746. The van der Waals surface area contributed by atoms with Crippen LogP contribution >= 0.6 is 12.6 Å². The molecule has 0 saturated heterocycles. The molecule has 3 amide bonds. The van der Waals surface area contributed by atoms with Gasteiger partial charge in [0.2, 0.25) is 17.7 Å². The van der Waals surface area contributed by atoms with E-state index in [2.05, 4.69) is 28.6 Å². The molecule has 166 valence electrons. The molecule has 0 aliphatic heterocycles. The number of aliphatic hydroxyl groups excluding tert-OH is 1. The Morgan fingerprint density at radius 3 is 2.00 bits per heavy atom. The van der Waals surface area contributed by atoms with E-state index in [0.29, 0.717) is 0 Å². The molecular weight excluding hydrogens is 412 g/mol. The van der Waals surface area contributed by atoms with Crippen LogP contribution in [0.1, 0.15) is 19.4 Å². The molecule has 1 aromatic rings. The molecule has 0 radical (unpaired) electrons. The lowest BCUT2D eigenvalue weighted by atomic mass is 10.0. The Morgan fingerprint density at radius 1 is 0.967 bits per heavy atom. The zero-order chi connectivity index (χ0) is 22.8. The summed E-state index contributed by atoms with van der Waals surface area (Å²) in [6.45, 7) is 2.63. The molecule has 0 aliphatic rings. The van der Waals surface area contributed by atoms with Crippen molar-refractivity contribution in [2.24, 2.45) is 5.73 Å². The molecule has 10 nitrogen and oxygen atoms in total. The van der Waals surface area contributed by atoms with Crippen LogP contribution < -0.4 is 21.7 Å². The third-order valence-electron chi connectivity index (χ3n) is 4.28. The number of carboxylic acid groups (broad SMARTS) is 1. The smallest absolute Gasteiger partial charge is 0.325 e. The molecule has 7 N–H and O–H groups in total. The lowest BCUT2D eigenvalue weighted by Crippen LogP contribution is -2.58. The maximum atomic E-state index is 12.8. The van der Waals surface area contributed by atoms with Gasteiger partial charge in [0, 0.05) is 12.2 Å². The summed E-state index contributed by atoms with van der Waals surface area (Å²) < 4.78 is 0. The Labute approximate surface area is 180 Å². The van der Waals surface area contributed by atoms with Crippen molar-refractivity contribution in [2.45, 2.75) is 50.5 Å². The number of hydrogen-bond acceptors (Lipinski definition) is 7. The zero-order valence-electron chi connectivity index (χ0n) is 16.7. The Kier molecular flexibility index (Phi) is 10.3. The topological polar surface area (TPSA) is 171 Å². The van der Waals surface area contributed by atoms with Crippen LogP contribution in [-0.4, -0.2) is 69.9 Å². The van der Waals surface area contributed by atoms with Crippen LogP contribution in [0.4, 0.5) is 0 Å². The summed E-state index contributed by atoms with van der Waals surface area (Å²) in [5.74, 6) is -3.45. The van der Waals surface area contributed by atoms with Gasteiger partial charge in [-0.3, -0.25) is 19.2 Å². The highest BCUT2D eigenvalue weighted by atomic mass is 32.1. The van der Waals surface area contributed by atoms with Gasteiger partial charge in [-0.05, 0) is 19.4 Å². The molecule has 5 atom stereocenters. The van der Waals surface area contributed by atoms with E-state index in [4.69, 9.17) is 10.8 Å². The summed E-state index contributed by atoms with van der Waals surface area (Å²) in [6, 6.07) is 4.26. The van der Waals surface area contributed by atoms with E-state index in [1.54, 1.807) is 30.3 Å². The minimum absolute atomic E-state index is 0.0941. The molecule has 1 aromatic carbocycles. The molecule has 1 rings (SSSR count). The summed E-state index contributed by atoms with van der Waals surface area (Å²) >= 11 is 4.04. The molecule has 0 aliphatic carbocycles. The SMILES string of the molecule is CC(NC(=O)C(CS)NC(=O)C(Cc1ccccc1)NC(=O)C(N)C(C)O)C(=O)O. The quantitative estimate of drug-likeness (QED) is 0.204. The van der Waals surface area contributed by atoms with E-state index < -0.39 is 54.0 Å². The first-order chi connectivity index (χ1) is 14.1. The summed E-state index contributed by atoms with van der Waals surface area (Å²) in [4.78, 5) is 48.2. The number of thiol groups is 1. The van der Waals surface area contributed by atoms with E-state index in [0.717, 1.165) is 5.56 Å². The van der Waals surface area contributed by atoms with Gasteiger partial charge in [0.25, 0.3) is 0 Å². The molecule has 0 bridgehead atoms. The van der Waals surface area contributed by atoms with Crippen LogP contribution in [-0.2, 0) is 25.6 Å². The number of benzene rings is 1. The molecule has 5 unspecified atom stereocenters. The number of aliphatic carboxylic acids is 1. The maximum absolute atomic E-state index is 12.8. The zero-order valence-corrected chi connectivity index (χ0v) is 17.6. The molecule has 0 aromatic heterocycles. The van der Waals surface area contributed by atoms with Crippen molar-refractivity contribution in [2.75, 3.05) is 5.75 Å². The highest BCUT2D eigenvalue weighted by Crippen LogP contribution is 2.05. The van der Waals surface area contributed by atoms with Crippen molar-refractivity contribution in [1.29, 1.82) is 0 Å². The Morgan fingerprint density at radius 2 is 1.50 bits per heavy atom. The molecule has 0 fully saturated rings. The van der Waals surface area contributed by atoms with Crippen LogP contribution in [0.25, 0.3) is 0 Å². The third-order valence-corrected chi connectivity index (χ3v) is 4.65. The van der Waals surface area contributed by atoms with Crippen LogP contribution in [0, 0.1) is 0 Å². The fraction of sp³-hybridized carbons (Fsp3) is 0.474. The molecule has 30 heavy (non-hydrogen) atoms. The average molecular weight is 441 g/mol. The monoisotopic (exact) mass is 440 g/mol. The molecule has 0 spiro atoms. The minimum atomic E-state index is -1.24. The molecule has 0 saturated carbocycles. The predicted molar refractivity (Wildman–Crippen MR) is 113 cm³/mol. The summed E-state index contributed by atoms with van der Waals surface area (Å²) in [5.41, 5.74) is 6.38. The second kappa shape index (κ2) is 12.2. The first-order valence-corrected chi connectivity index (χ1v) is 9.92. The first-order valence-electron chi connectivity index (χ1n) is 9.29. The van der Waals surface area contributed by atoms with Crippen LogP contribution in [0.5, 0.6) is 0 Å². The normalized spacial score (nSPS) is 15.8. The van der Waals surface area contributed by atoms with Crippen LogP contribution in [0.2, 0.25) is 0 Å². The van der Waals surface area contributed by atoms with Crippen molar-refractivity contribution < 1.29 is 29.4 Å². The van der Waals surface area contributed by atoms with Crippen LogP contribution in [0.15, 0.2) is 30.3 Å². The standard InChI is InChI=1S/C19H28N4O6S/c1-10(19(28)29)21-17(26)14(9-30)23-16(25)13(8-12-6-4-3-5-7-12)22-18(27)15(20)11(2)24/h3-7,10-11,13-15,24,30H,8-9,20H2,1-2H3,(H,21,26)(H,22,27)(H,23,25)(H,28,29). The van der Waals surface area contributed by atoms with Gasteiger partial charge in [-0.25, -0.2) is 0 Å². The lowest BCUT2D eigenvalue weighted by molar-refractivity contribution is -0.141. The Hall–Kier alpha value is -2.63. The van der Waals surface area contributed by atoms with Crippen molar-refractivity contribution in [3.05, 3.63) is 35.9 Å². The molecule has 0 heterocycles. The number of amides is 3. The summed E-state index contributed by atoms with van der Waals surface area (Å²) in [7, 11) is 0. The number of carbonyl (C=O) groups is 4. The molecular formula is C19H28N4O6S. The molecule has 11 heteroatoms. The van der Waals surface area contributed by atoms with Crippen molar-refractivity contribution in [1.82, 2.24) is 16.0 Å². The lowest BCUT2D eigenvalue weighted by Gasteiger charge is -2.24. The van der Waals surface area contributed by atoms with Gasteiger partial charge < -0.3 is 31.9 Å². The van der Waals surface area contributed by atoms with Gasteiger partial charge in [0.1, 0.15) is 24.2 Å². The number of aliphatic hydroxyl groups is 1. The number of hydrogen-bond donors (Lipinski definition) is 7. The average Bonchev–Trinajstić information content (AvgIpc) is 2.70. The van der Waals surface area contributed by atoms with Gasteiger partial charge in [-0.1, -0.05) is 30.3 Å². The van der Waals surface area contributed by atoms with Crippen molar-refractivity contribution in [3.8, 4) is 0 Å². The maximum Gasteiger partial charge on any atom is 0.325 e. The van der Waals surface area contributed by atoms with Gasteiger partial charge in [-0.2, -0.15) is 12.6 Å². The number of nitrogens with two attached hydrogens (primary N) is 1. The second-order valence-electron chi connectivity index (χ2n) is 6.83. The first kappa shape index (κ1) is 25.4. The second-order valence-corrected chi connectivity index (χ2v) is 7.19. The minimum Gasteiger partial charge on any atom is -0.480 e.